The third-order valence-electron chi connectivity index (χ3n) is 6.47. The largest absolute Gasteiger partial charge is 0.338 e. The summed E-state index contributed by atoms with van der Waals surface area (Å²) in [5.41, 5.74) is -0.492. The first-order valence-electron chi connectivity index (χ1n) is 10.7. The Labute approximate surface area is 164 Å². The predicted octanol–water partition coefficient (Wildman–Crippen LogP) is 3.41. The summed E-state index contributed by atoms with van der Waals surface area (Å²) >= 11 is 0. The number of amides is 4. The van der Waals surface area contributed by atoms with Crippen LogP contribution >= 0.6 is 0 Å². The van der Waals surface area contributed by atoms with Crippen molar-refractivity contribution in [2.24, 2.45) is 17.3 Å². The van der Waals surface area contributed by atoms with Crippen LogP contribution in [0.1, 0.15) is 72.6 Å². The number of carbonyl (C=O) groups excluding carboxylic acids is 3. The number of unbranched alkanes of at least 4 members (excludes halogenated alkanes) is 3. The minimum atomic E-state index is -0.492. The van der Waals surface area contributed by atoms with Gasteiger partial charge in [-0.1, -0.05) is 40.5 Å². The van der Waals surface area contributed by atoms with Gasteiger partial charge in [0.25, 0.3) is 0 Å². The normalized spacial score (nSPS) is 25.7. The predicted molar refractivity (Wildman–Crippen MR) is 106 cm³/mol. The Bertz CT molecular complexity index is 549. The smallest absolute Gasteiger partial charge is 0.317 e. The monoisotopic (exact) mass is 379 g/mol. The van der Waals surface area contributed by atoms with Crippen molar-refractivity contribution in [1.29, 1.82) is 0 Å². The lowest BCUT2D eigenvalue weighted by atomic mass is 9.73. The number of nitrogens with zero attached hydrogens (tertiary/aromatic N) is 2. The topological polar surface area (TPSA) is 69.7 Å². The van der Waals surface area contributed by atoms with E-state index in [9.17, 15) is 14.4 Å². The van der Waals surface area contributed by atoms with E-state index < -0.39 is 5.41 Å². The first-order valence-corrected chi connectivity index (χ1v) is 10.7. The van der Waals surface area contributed by atoms with E-state index in [1.807, 2.05) is 25.7 Å². The van der Waals surface area contributed by atoms with E-state index in [4.69, 9.17) is 0 Å². The van der Waals surface area contributed by atoms with Gasteiger partial charge in [0, 0.05) is 32.6 Å². The molecule has 154 valence electrons. The molecule has 2 saturated heterocycles. The Morgan fingerprint density at radius 1 is 1.22 bits per heavy atom. The Balaban J connectivity index is 1.61. The summed E-state index contributed by atoms with van der Waals surface area (Å²) in [4.78, 5) is 40.4. The van der Waals surface area contributed by atoms with E-state index >= 15 is 0 Å². The van der Waals surface area contributed by atoms with Gasteiger partial charge in [0.2, 0.25) is 11.8 Å². The highest BCUT2D eigenvalue weighted by molar-refractivity contribution is 6.06. The molecular weight excluding hydrogens is 342 g/mol. The molecule has 2 atom stereocenters. The van der Waals surface area contributed by atoms with Gasteiger partial charge in [-0.2, -0.15) is 0 Å². The van der Waals surface area contributed by atoms with Crippen LogP contribution in [-0.2, 0) is 9.59 Å². The van der Waals surface area contributed by atoms with Crippen molar-refractivity contribution in [1.82, 2.24) is 15.1 Å². The fourth-order valence-corrected chi connectivity index (χ4v) is 4.36. The minimum Gasteiger partial charge on any atom is -0.338 e. The van der Waals surface area contributed by atoms with Crippen molar-refractivity contribution in [3.63, 3.8) is 0 Å². The zero-order valence-corrected chi connectivity index (χ0v) is 17.6. The van der Waals surface area contributed by atoms with Gasteiger partial charge < -0.3 is 10.2 Å². The second-order valence-electron chi connectivity index (χ2n) is 8.68. The van der Waals surface area contributed by atoms with Crippen molar-refractivity contribution in [3.05, 3.63) is 0 Å². The molecule has 6 heteroatoms. The van der Waals surface area contributed by atoms with Gasteiger partial charge in [0.05, 0.1) is 5.41 Å². The number of imide groups is 1. The van der Waals surface area contributed by atoms with Crippen LogP contribution in [0.3, 0.4) is 0 Å². The number of carbonyl (C=O) groups is 3. The van der Waals surface area contributed by atoms with Crippen LogP contribution in [-0.4, -0.2) is 53.8 Å². The lowest BCUT2D eigenvalue weighted by Crippen LogP contribution is -2.39. The van der Waals surface area contributed by atoms with Gasteiger partial charge in [0.1, 0.15) is 0 Å². The number of urea groups is 1. The van der Waals surface area contributed by atoms with Crippen LogP contribution < -0.4 is 5.32 Å². The first-order chi connectivity index (χ1) is 12.8. The van der Waals surface area contributed by atoms with Gasteiger partial charge in [-0.05, 0) is 37.5 Å². The van der Waals surface area contributed by atoms with Gasteiger partial charge in [-0.3, -0.25) is 14.5 Å². The second-order valence-corrected chi connectivity index (χ2v) is 8.68. The van der Waals surface area contributed by atoms with Crippen molar-refractivity contribution < 1.29 is 14.4 Å². The average Bonchev–Trinajstić information content (AvgIpc) is 3.16. The molecule has 0 aliphatic carbocycles. The third-order valence-corrected chi connectivity index (χ3v) is 6.47. The van der Waals surface area contributed by atoms with Gasteiger partial charge in [-0.25, -0.2) is 4.79 Å². The van der Waals surface area contributed by atoms with Crippen LogP contribution in [0.15, 0.2) is 0 Å². The van der Waals surface area contributed by atoms with E-state index in [2.05, 4.69) is 12.2 Å². The number of nitrogens with one attached hydrogen (secondary N) is 1. The van der Waals surface area contributed by atoms with Crippen LogP contribution in [0.4, 0.5) is 4.79 Å². The summed E-state index contributed by atoms with van der Waals surface area (Å²) in [6.45, 7) is 11.2. The van der Waals surface area contributed by atoms with E-state index in [1.165, 1.54) is 4.90 Å². The molecule has 0 aromatic carbocycles. The molecule has 6 nitrogen and oxygen atoms in total. The average molecular weight is 380 g/mol. The fraction of sp³-hybridized carbons (Fsp3) is 0.857. The van der Waals surface area contributed by atoms with E-state index in [-0.39, 0.29) is 23.8 Å². The van der Waals surface area contributed by atoms with Crippen molar-refractivity contribution in [3.8, 4) is 0 Å². The Kier molecular flexibility index (Phi) is 7.68. The molecule has 0 bridgehead atoms. The van der Waals surface area contributed by atoms with Crippen molar-refractivity contribution in [2.45, 2.75) is 72.6 Å². The quantitative estimate of drug-likeness (QED) is 0.493. The van der Waals surface area contributed by atoms with Crippen LogP contribution in [0.2, 0.25) is 0 Å². The molecule has 0 radical (unpaired) electrons. The highest BCUT2D eigenvalue weighted by Crippen LogP contribution is 2.42. The molecule has 0 spiro atoms. The minimum absolute atomic E-state index is 0.0114. The number of hydrogen-bond acceptors (Lipinski definition) is 3. The number of likely N-dealkylation sites (tertiary alicyclic amines) is 2. The van der Waals surface area contributed by atoms with Gasteiger partial charge >= 0.3 is 6.03 Å². The standard InChI is InChI=1S/C21H37N3O3/c1-5-21(16(2)3)14-18(25)24(19(21)26)12-9-7-6-8-11-22-20(27)23-13-10-17(4)15-23/h16-17H,5-15H2,1-4H3,(H,22,27)/t17-,21?/m0/s1. The lowest BCUT2D eigenvalue weighted by Gasteiger charge is -2.29. The molecule has 2 fully saturated rings. The SMILES string of the molecule is CCC1(C(C)C)CC(=O)N(CCCCCCNC(=O)N2CC[C@H](C)C2)C1=O. The maximum Gasteiger partial charge on any atom is 0.317 e. The van der Waals surface area contributed by atoms with E-state index in [0.29, 0.717) is 25.4 Å². The van der Waals surface area contributed by atoms with E-state index in [0.717, 1.165) is 51.6 Å². The zero-order valence-electron chi connectivity index (χ0n) is 17.6. The van der Waals surface area contributed by atoms with Crippen LogP contribution in [0, 0.1) is 17.3 Å². The maximum atomic E-state index is 12.8. The van der Waals surface area contributed by atoms with Crippen molar-refractivity contribution >= 4 is 17.8 Å². The lowest BCUT2D eigenvalue weighted by molar-refractivity contribution is -0.142. The van der Waals surface area contributed by atoms with Crippen molar-refractivity contribution in [2.75, 3.05) is 26.2 Å². The Morgan fingerprint density at radius 3 is 2.48 bits per heavy atom. The van der Waals surface area contributed by atoms with Gasteiger partial charge in [-0.15, -0.1) is 0 Å². The second kappa shape index (κ2) is 9.56. The van der Waals surface area contributed by atoms with Crippen LogP contribution in [0.25, 0.3) is 0 Å². The van der Waals surface area contributed by atoms with Crippen LogP contribution in [0.5, 0.6) is 0 Å². The highest BCUT2D eigenvalue weighted by Gasteiger charge is 2.51. The summed E-state index contributed by atoms with van der Waals surface area (Å²) in [5, 5.41) is 2.99. The Hall–Kier alpha value is -1.59. The number of hydrogen-bond donors (Lipinski definition) is 1. The highest BCUT2D eigenvalue weighted by atomic mass is 16.2. The molecule has 2 heterocycles. The molecule has 0 saturated carbocycles. The first kappa shape index (κ1) is 21.7. The molecule has 4 amide bonds. The Morgan fingerprint density at radius 2 is 1.93 bits per heavy atom. The summed E-state index contributed by atoms with van der Waals surface area (Å²) < 4.78 is 0. The molecule has 2 aliphatic rings. The molecule has 0 aromatic rings. The number of rotatable bonds is 9. The molecular formula is C21H37N3O3. The molecule has 2 rings (SSSR count). The summed E-state index contributed by atoms with van der Waals surface area (Å²) in [6.07, 6.45) is 5.92. The molecule has 27 heavy (non-hydrogen) atoms. The molecule has 2 aliphatic heterocycles. The molecule has 1 N–H and O–H groups in total. The van der Waals surface area contributed by atoms with E-state index in [1.54, 1.807) is 0 Å². The maximum absolute atomic E-state index is 12.8. The summed E-state index contributed by atoms with van der Waals surface area (Å²) in [7, 11) is 0. The molecule has 1 unspecified atom stereocenters. The summed E-state index contributed by atoms with van der Waals surface area (Å²) in [5.74, 6) is 0.805. The third kappa shape index (κ3) is 5.02. The molecule has 0 aromatic heterocycles. The summed E-state index contributed by atoms with van der Waals surface area (Å²) in [6, 6.07) is 0.0530. The zero-order chi connectivity index (χ0) is 20.0. The van der Waals surface area contributed by atoms with Gasteiger partial charge in [0.15, 0.2) is 0 Å². The fourth-order valence-electron chi connectivity index (χ4n) is 4.36.